The number of aromatic hydroxyl groups is 1. The summed E-state index contributed by atoms with van der Waals surface area (Å²) in [6.45, 7) is 6.31. The average molecular weight is 664 g/mol. The van der Waals surface area contributed by atoms with Gasteiger partial charge in [-0.15, -0.1) is 0 Å². The van der Waals surface area contributed by atoms with Crippen LogP contribution >= 0.6 is 6.83 Å². The number of benzene rings is 1. The molecule has 0 aliphatic carbocycles. The third kappa shape index (κ3) is 19.0. The van der Waals surface area contributed by atoms with Crippen LogP contribution in [-0.2, 0) is 15.7 Å². The van der Waals surface area contributed by atoms with Gasteiger partial charge < -0.3 is 0 Å². The summed E-state index contributed by atoms with van der Waals surface area (Å²) in [5.41, 5.74) is 7.60. The van der Waals surface area contributed by atoms with Gasteiger partial charge in [0.1, 0.15) is 0 Å². The summed E-state index contributed by atoms with van der Waals surface area (Å²) in [4.78, 5) is 14.1. The van der Waals surface area contributed by atoms with Crippen LogP contribution in [0.15, 0.2) is 24.3 Å². The van der Waals surface area contributed by atoms with E-state index in [0.29, 0.717) is 6.42 Å². The third-order valence-electron chi connectivity index (χ3n) is 10.4. The van der Waals surface area contributed by atoms with Crippen LogP contribution in [0, 0.1) is 0 Å². The summed E-state index contributed by atoms with van der Waals surface area (Å²) in [7, 11) is 0. The fourth-order valence-corrected chi connectivity index (χ4v) is 13.8. The first-order valence-electron chi connectivity index (χ1n) is 20.1. The Kier molecular flexibility index (Phi) is 25.0. The normalized spacial score (nSPS) is 13.4. The fourth-order valence-electron chi connectivity index (χ4n) is 7.31. The van der Waals surface area contributed by atoms with Gasteiger partial charge in [0.05, 0.1) is 0 Å². The molecule has 46 heavy (non-hydrogen) atoms. The summed E-state index contributed by atoms with van der Waals surface area (Å²) >= 11 is 0. The van der Waals surface area contributed by atoms with E-state index in [1.54, 1.807) is 12.1 Å². The van der Waals surface area contributed by atoms with Crippen LogP contribution in [0.3, 0.4) is 0 Å². The van der Waals surface area contributed by atoms with Crippen LogP contribution in [0.2, 0.25) is 0 Å². The minimum atomic E-state index is -2.83. The van der Waals surface area contributed by atoms with Crippen molar-refractivity contribution in [2.75, 3.05) is 24.6 Å². The van der Waals surface area contributed by atoms with Gasteiger partial charge in [-0.2, -0.15) is 0 Å². The second-order valence-corrected chi connectivity index (χ2v) is 20.4. The maximum atomic E-state index is 14.1. The van der Waals surface area contributed by atoms with Gasteiger partial charge in [-0.05, 0) is 0 Å². The molecule has 1 rings (SSSR count). The standard InChI is InChI=1S/C41H78NO3P/c1-5-9-13-17-18-19-20-21-22-23-24-28-36-46(33-25-14-10-6-2,34-26-15-11-7-3,35-27-16-12-8-4)45-41(44)40(42)37-38-29-31-39(43)32-30-38/h29-32,40,43H,5-28,33-37,42H2,1-4H3/t40-/m0/s1. The van der Waals surface area contributed by atoms with Crippen molar-refractivity contribution in [1.82, 2.24) is 0 Å². The van der Waals surface area contributed by atoms with Gasteiger partial charge in [-0.3, -0.25) is 0 Å². The van der Waals surface area contributed by atoms with E-state index >= 15 is 0 Å². The van der Waals surface area contributed by atoms with Crippen molar-refractivity contribution >= 4 is 12.8 Å². The molecule has 4 nitrogen and oxygen atoms in total. The predicted molar refractivity (Wildman–Crippen MR) is 206 cm³/mol. The van der Waals surface area contributed by atoms with Crippen LogP contribution < -0.4 is 5.73 Å². The number of phenolic OH excluding ortho intramolecular Hbond substituents is 1. The van der Waals surface area contributed by atoms with E-state index in [-0.39, 0.29) is 11.7 Å². The molecule has 5 heteroatoms. The molecular formula is C41H78NO3P. The molecule has 1 atom stereocenters. The van der Waals surface area contributed by atoms with Gasteiger partial charge in [0.25, 0.3) is 0 Å². The summed E-state index contributed by atoms with van der Waals surface area (Å²) < 4.78 is 7.14. The van der Waals surface area contributed by atoms with Gasteiger partial charge >= 0.3 is 274 Å². The number of hydrogen-bond acceptors (Lipinski definition) is 4. The van der Waals surface area contributed by atoms with Crippen molar-refractivity contribution in [3.05, 3.63) is 29.8 Å². The molecule has 0 fully saturated rings. The molecule has 0 saturated carbocycles. The van der Waals surface area contributed by atoms with E-state index < -0.39 is 12.9 Å². The van der Waals surface area contributed by atoms with Gasteiger partial charge in [0.2, 0.25) is 0 Å². The van der Waals surface area contributed by atoms with E-state index in [1.165, 1.54) is 154 Å². The number of phenols is 1. The minimum absolute atomic E-state index is 0.175. The van der Waals surface area contributed by atoms with Gasteiger partial charge in [-0.1, -0.05) is 13.3 Å². The van der Waals surface area contributed by atoms with Crippen LogP contribution in [0.5, 0.6) is 5.75 Å². The second-order valence-electron chi connectivity index (χ2n) is 14.7. The Morgan fingerprint density at radius 1 is 0.565 bits per heavy atom. The van der Waals surface area contributed by atoms with Gasteiger partial charge in [-0.25, -0.2) is 0 Å². The summed E-state index contributed by atoms with van der Waals surface area (Å²) in [6, 6.07) is 6.42. The van der Waals surface area contributed by atoms with Gasteiger partial charge in [0.15, 0.2) is 0 Å². The first-order valence-corrected chi connectivity index (χ1v) is 23.0. The van der Waals surface area contributed by atoms with Crippen molar-refractivity contribution in [1.29, 1.82) is 0 Å². The number of hydrogen-bond donors (Lipinski definition) is 2. The van der Waals surface area contributed by atoms with Crippen molar-refractivity contribution < 1.29 is 14.4 Å². The first kappa shape index (κ1) is 42.9. The van der Waals surface area contributed by atoms with E-state index in [2.05, 4.69) is 27.7 Å². The van der Waals surface area contributed by atoms with Crippen molar-refractivity contribution in [3.8, 4) is 5.75 Å². The first-order chi connectivity index (χ1) is 22.3. The molecule has 0 aliphatic heterocycles. The van der Waals surface area contributed by atoms with E-state index in [1.807, 2.05) is 12.1 Å². The molecule has 0 bridgehead atoms. The molecule has 0 aromatic heterocycles. The zero-order valence-electron chi connectivity index (χ0n) is 31.2. The summed E-state index contributed by atoms with van der Waals surface area (Å²) in [5, 5.41) is 9.74. The second kappa shape index (κ2) is 26.8. The molecule has 0 amide bonds. The summed E-state index contributed by atoms with van der Waals surface area (Å²) in [6.07, 6.45) is 35.6. The van der Waals surface area contributed by atoms with Crippen LogP contribution in [0.1, 0.15) is 187 Å². The topological polar surface area (TPSA) is 72.5 Å². The Hall–Kier alpha value is -1.12. The molecule has 0 aliphatic rings. The number of rotatable bonds is 32. The van der Waals surface area contributed by atoms with E-state index in [9.17, 15) is 9.90 Å². The zero-order chi connectivity index (χ0) is 33.8. The van der Waals surface area contributed by atoms with E-state index in [0.717, 1.165) is 30.2 Å². The van der Waals surface area contributed by atoms with Crippen molar-refractivity contribution in [2.24, 2.45) is 5.73 Å². The van der Waals surface area contributed by atoms with Crippen LogP contribution in [-0.4, -0.2) is 41.8 Å². The Balaban J connectivity index is 3.09. The van der Waals surface area contributed by atoms with Gasteiger partial charge in [0, 0.05) is 0 Å². The molecule has 1 aromatic carbocycles. The average Bonchev–Trinajstić information content (AvgIpc) is 3.05. The molecule has 270 valence electrons. The third-order valence-corrected chi connectivity index (χ3v) is 16.8. The Bertz CT molecular complexity index is 824. The Morgan fingerprint density at radius 2 is 0.870 bits per heavy atom. The molecule has 0 radical (unpaired) electrons. The number of nitrogens with two attached hydrogens (primary N) is 1. The quantitative estimate of drug-likeness (QED) is 0.0594. The maximum absolute atomic E-state index is 14.1. The Morgan fingerprint density at radius 3 is 1.22 bits per heavy atom. The number of unbranched alkanes of at least 4 members (excludes halogenated alkanes) is 20. The summed E-state index contributed by atoms with van der Waals surface area (Å²) in [5.74, 6) is 0.0598. The van der Waals surface area contributed by atoms with Crippen LogP contribution in [0.4, 0.5) is 0 Å². The molecule has 1 aromatic rings. The molecule has 0 heterocycles. The molecule has 0 spiro atoms. The molecule has 0 saturated heterocycles. The molecule has 0 unspecified atom stereocenters. The monoisotopic (exact) mass is 664 g/mol. The van der Waals surface area contributed by atoms with Crippen LogP contribution in [0.25, 0.3) is 0 Å². The fraction of sp³-hybridized carbons (Fsp3) is 0.829. The van der Waals surface area contributed by atoms with Crippen molar-refractivity contribution in [2.45, 2.75) is 194 Å². The zero-order valence-corrected chi connectivity index (χ0v) is 32.1. The molecule has 3 N–H and O–H groups in total. The van der Waals surface area contributed by atoms with Crippen molar-refractivity contribution in [3.63, 3.8) is 0 Å². The number of carbonyl (C=O) groups is 1. The number of carbonyl (C=O) groups excluding carboxylic acids is 1. The molecular weight excluding hydrogens is 585 g/mol. The predicted octanol–water partition coefficient (Wildman–Crippen LogP) is 12.7. The van der Waals surface area contributed by atoms with E-state index in [4.69, 9.17) is 10.3 Å². The Labute approximate surface area is 286 Å². The SMILES string of the molecule is CCCCCCCCCCCCCCP(CCCCCC)(CCCCCC)(CCCCCC)OC(=O)[C@@H](N)Cc1ccc(O)cc1.